The van der Waals surface area contributed by atoms with E-state index in [0.717, 1.165) is 50.2 Å². The van der Waals surface area contributed by atoms with Crippen molar-refractivity contribution in [3.63, 3.8) is 0 Å². The predicted molar refractivity (Wildman–Crippen MR) is 102 cm³/mol. The van der Waals surface area contributed by atoms with Gasteiger partial charge in [0.15, 0.2) is 0 Å². The first-order valence-electron chi connectivity index (χ1n) is 9.58. The molecule has 2 amide bonds. The number of piperidine rings is 1. The molecule has 26 heavy (non-hydrogen) atoms. The number of likely N-dealkylation sites (tertiary alicyclic amines) is 2. The predicted octanol–water partition coefficient (Wildman–Crippen LogP) is 3.06. The van der Waals surface area contributed by atoms with E-state index in [1.807, 2.05) is 22.8 Å². The Morgan fingerprint density at radius 1 is 1.31 bits per heavy atom. The van der Waals surface area contributed by atoms with Crippen LogP contribution < -0.4 is 0 Å². The van der Waals surface area contributed by atoms with E-state index in [0.29, 0.717) is 13.0 Å². The van der Waals surface area contributed by atoms with E-state index in [-0.39, 0.29) is 17.2 Å². The van der Waals surface area contributed by atoms with Crippen molar-refractivity contribution in [3.05, 3.63) is 41.2 Å². The highest BCUT2D eigenvalue weighted by Gasteiger charge is 2.45. The summed E-state index contributed by atoms with van der Waals surface area (Å²) in [5.74, 6) is 0.340. The van der Waals surface area contributed by atoms with Crippen LogP contribution in [0.4, 0.5) is 0 Å². The van der Waals surface area contributed by atoms with Gasteiger partial charge < -0.3 is 9.80 Å². The lowest BCUT2D eigenvalue weighted by molar-refractivity contribution is -0.127. The topological polar surface area (TPSA) is 53.5 Å². The Morgan fingerprint density at radius 3 is 2.69 bits per heavy atom. The van der Waals surface area contributed by atoms with Gasteiger partial charge in [0, 0.05) is 55.5 Å². The molecular weight excluding hydrogens is 326 g/mol. The van der Waals surface area contributed by atoms with Crippen molar-refractivity contribution in [1.29, 1.82) is 0 Å². The summed E-state index contributed by atoms with van der Waals surface area (Å²) in [4.78, 5) is 33.3. The lowest BCUT2D eigenvalue weighted by Gasteiger charge is -2.38. The van der Waals surface area contributed by atoms with Crippen molar-refractivity contribution in [1.82, 2.24) is 14.8 Å². The SMILES string of the molecule is CCc1cc(C(=O)N2CCC3(CC2)CC(=O)N(CC=C(C)C)C3)ccn1. The molecule has 0 bridgehead atoms. The number of hydrogen-bond donors (Lipinski definition) is 0. The van der Waals surface area contributed by atoms with Gasteiger partial charge in [-0.3, -0.25) is 14.6 Å². The number of rotatable bonds is 4. The van der Waals surface area contributed by atoms with Crippen LogP contribution in [0.2, 0.25) is 0 Å². The van der Waals surface area contributed by atoms with E-state index in [2.05, 4.69) is 24.9 Å². The van der Waals surface area contributed by atoms with Crippen LogP contribution in [0.3, 0.4) is 0 Å². The van der Waals surface area contributed by atoms with Gasteiger partial charge in [0.1, 0.15) is 0 Å². The van der Waals surface area contributed by atoms with Gasteiger partial charge in [-0.05, 0) is 45.2 Å². The van der Waals surface area contributed by atoms with E-state index in [1.165, 1.54) is 5.57 Å². The second-order valence-corrected chi connectivity index (χ2v) is 7.91. The standard InChI is InChI=1S/C21H29N3O2/c1-4-18-13-17(5-9-22-18)20(26)23-11-7-21(8-12-23)14-19(25)24(15-21)10-6-16(2)3/h5-6,9,13H,4,7-8,10-12,14-15H2,1-3H3. The Balaban J connectivity index is 1.61. The minimum atomic E-state index is 0.0518. The molecule has 0 unspecified atom stereocenters. The molecule has 140 valence electrons. The van der Waals surface area contributed by atoms with Crippen LogP contribution in [0.5, 0.6) is 0 Å². The third-order valence-corrected chi connectivity index (χ3v) is 5.66. The lowest BCUT2D eigenvalue weighted by Crippen LogP contribution is -2.44. The summed E-state index contributed by atoms with van der Waals surface area (Å²) in [5, 5.41) is 0. The van der Waals surface area contributed by atoms with Gasteiger partial charge in [-0.25, -0.2) is 0 Å². The van der Waals surface area contributed by atoms with Crippen molar-refractivity contribution in [2.45, 2.75) is 46.5 Å². The zero-order valence-electron chi connectivity index (χ0n) is 16.1. The largest absolute Gasteiger partial charge is 0.339 e. The summed E-state index contributed by atoms with van der Waals surface area (Å²) in [6.07, 6.45) is 7.09. The second-order valence-electron chi connectivity index (χ2n) is 7.91. The number of nitrogens with zero attached hydrogens (tertiary/aromatic N) is 3. The molecule has 3 heterocycles. The molecule has 0 N–H and O–H groups in total. The maximum absolute atomic E-state index is 12.8. The highest BCUT2D eigenvalue weighted by atomic mass is 16.2. The number of amides is 2. The van der Waals surface area contributed by atoms with Crippen LogP contribution >= 0.6 is 0 Å². The van der Waals surface area contributed by atoms with Gasteiger partial charge in [-0.1, -0.05) is 18.6 Å². The summed E-state index contributed by atoms with van der Waals surface area (Å²) >= 11 is 0. The van der Waals surface area contributed by atoms with Crippen molar-refractivity contribution < 1.29 is 9.59 Å². The quantitative estimate of drug-likeness (QED) is 0.780. The molecule has 1 aromatic heterocycles. The van der Waals surface area contributed by atoms with Gasteiger partial charge in [-0.2, -0.15) is 0 Å². The molecule has 1 aromatic rings. The van der Waals surface area contributed by atoms with Crippen LogP contribution in [0.15, 0.2) is 30.0 Å². The molecule has 2 fully saturated rings. The fourth-order valence-corrected chi connectivity index (χ4v) is 3.95. The maximum Gasteiger partial charge on any atom is 0.253 e. The highest BCUT2D eigenvalue weighted by Crippen LogP contribution is 2.41. The molecule has 5 nitrogen and oxygen atoms in total. The average molecular weight is 355 g/mol. The number of allylic oxidation sites excluding steroid dienone is 1. The van der Waals surface area contributed by atoms with Crippen LogP contribution in [0.1, 0.15) is 56.1 Å². The molecule has 0 atom stereocenters. The van der Waals surface area contributed by atoms with Crippen LogP contribution in [0, 0.1) is 5.41 Å². The first kappa shape index (κ1) is 18.6. The smallest absolute Gasteiger partial charge is 0.253 e. The molecule has 1 spiro atoms. The molecular formula is C21H29N3O2. The average Bonchev–Trinajstić information content (AvgIpc) is 2.95. The van der Waals surface area contributed by atoms with Crippen LogP contribution in [-0.4, -0.2) is 52.8 Å². The van der Waals surface area contributed by atoms with Crippen molar-refractivity contribution in [3.8, 4) is 0 Å². The maximum atomic E-state index is 12.8. The van der Waals surface area contributed by atoms with Crippen molar-refractivity contribution >= 4 is 11.8 Å². The van der Waals surface area contributed by atoms with E-state index in [4.69, 9.17) is 0 Å². The summed E-state index contributed by atoms with van der Waals surface area (Å²) in [5.41, 5.74) is 2.96. The fourth-order valence-electron chi connectivity index (χ4n) is 3.95. The summed E-state index contributed by atoms with van der Waals surface area (Å²) in [6, 6.07) is 3.69. The van der Waals surface area contributed by atoms with E-state index in [1.54, 1.807) is 12.3 Å². The third kappa shape index (κ3) is 3.97. The number of pyridine rings is 1. The monoisotopic (exact) mass is 355 g/mol. The Morgan fingerprint density at radius 2 is 2.04 bits per heavy atom. The van der Waals surface area contributed by atoms with E-state index >= 15 is 0 Å². The molecule has 0 saturated carbocycles. The van der Waals surface area contributed by atoms with Crippen LogP contribution in [0.25, 0.3) is 0 Å². The summed E-state index contributed by atoms with van der Waals surface area (Å²) in [6.45, 7) is 9.15. The Bertz CT molecular complexity index is 714. The van der Waals surface area contributed by atoms with E-state index in [9.17, 15) is 9.59 Å². The Labute approximate surface area is 156 Å². The Hall–Kier alpha value is -2.17. The minimum absolute atomic E-state index is 0.0518. The normalized spacial score (nSPS) is 19.1. The number of carbonyl (C=O) groups excluding carboxylic acids is 2. The molecule has 5 heteroatoms. The molecule has 0 aromatic carbocycles. The highest BCUT2D eigenvalue weighted by molar-refractivity contribution is 5.94. The summed E-state index contributed by atoms with van der Waals surface area (Å²) in [7, 11) is 0. The van der Waals surface area contributed by atoms with Crippen molar-refractivity contribution in [2.75, 3.05) is 26.2 Å². The Kier molecular flexibility index (Phi) is 5.44. The lowest BCUT2D eigenvalue weighted by atomic mass is 9.77. The van der Waals surface area contributed by atoms with Gasteiger partial charge in [-0.15, -0.1) is 0 Å². The first-order valence-corrected chi connectivity index (χ1v) is 9.58. The molecule has 2 aliphatic rings. The number of hydrogen-bond acceptors (Lipinski definition) is 3. The van der Waals surface area contributed by atoms with Gasteiger partial charge in [0.05, 0.1) is 0 Å². The third-order valence-electron chi connectivity index (χ3n) is 5.66. The molecule has 2 aliphatic heterocycles. The van der Waals surface area contributed by atoms with E-state index < -0.39 is 0 Å². The summed E-state index contributed by atoms with van der Waals surface area (Å²) < 4.78 is 0. The molecule has 2 saturated heterocycles. The van der Waals surface area contributed by atoms with Crippen LogP contribution in [-0.2, 0) is 11.2 Å². The number of aryl methyl sites for hydroxylation is 1. The number of aromatic nitrogens is 1. The first-order chi connectivity index (χ1) is 12.4. The fraction of sp³-hybridized carbons (Fsp3) is 0.571. The van der Waals surface area contributed by atoms with Gasteiger partial charge in [0.2, 0.25) is 5.91 Å². The van der Waals surface area contributed by atoms with Gasteiger partial charge in [0.25, 0.3) is 5.91 Å². The molecule has 0 aliphatic carbocycles. The van der Waals surface area contributed by atoms with Crippen molar-refractivity contribution in [2.24, 2.45) is 5.41 Å². The number of carbonyl (C=O) groups is 2. The zero-order chi connectivity index (χ0) is 18.7. The van der Waals surface area contributed by atoms with Gasteiger partial charge >= 0.3 is 0 Å². The second kappa shape index (κ2) is 7.60. The molecule has 3 rings (SSSR count). The minimum Gasteiger partial charge on any atom is -0.339 e. The zero-order valence-corrected chi connectivity index (χ0v) is 16.1. The molecule has 0 radical (unpaired) electrons.